The summed E-state index contributed by atoms with van der Waals surface area (Å²) in [5.41, 5.74) is 1.18. The smallest absolute Gasteiger partial charge is 0.310 e. The van der Waals surface area contributed by atoms with Gasteiger partial charge >= 0.3 is 5.97 Å². The van der Waals surface area contributed by atoms with Crippen molar-refractivity contribution in [2.24, 2.45) is 5.92 Å². The molecule has 1 atom stereocenters. The molecule has 120 valence electrons. The number of hydrogen-bond donors (Lipinski definition) is 0. The van der Waals surface area contributed by atoms with E-state index >= 15 is 0 Å². The van der Waals surface area contributed by atoms with Crippen molar-refractivity contribution in [1.82, 2.24) is 4.90 Å². The molecule has 5 heteroatoms. The molecule has 4 nitrogen and oxygen atoms in total. The predicted molar refractivity (Wildman–Crippen MR) is 87.8 cm³/mol. The van der Waals surface area contributed by atoms with Crippen molar-refractivity contribution in [2.45, 2.75) is 31.6 Å². The van der Waals surface area contributed by atoms with E-state index in [1.807, 2.05) is 38.1 Å². The van der Waals surface area contributed by atoms with Crippen LogP contribution in [0, 0.1) is 12.8 Å². The summed E-state index contributed by atoms with van der Waals surface area (Å²) in [6.45, 7) is 5.48. The minimum Gasteiger partial charge on any atom is -0.466 e. The second-order valence-corrected chi connectivity index (χ2v) is 6.50. The highest BCUT2D eigenvalue weighted by molar-refractivity contribution is 8.00. The number of esters is 1. The molecule has 1 unspecified atom stereocenters. The number of nitrogens with zero attached hydrogens (tertiary/aromatic N) is 1. The lowest BCUT2D eigenvalue weighted by Crippen LogP contribution is -2.43. The summed E-state index contributed by atoms with van der Waals surface area (Å²) in [4.78, 5) is 27.1. The SMILES string of the molecule is CCOC(=O)C1CCCN(C(=O)CSc2ccccc2C)C1. The summed E-state index contributed by atoms with van der Waals surface area (Å²) in [7, 11) is 0. The van der Waals surface area contributed by atoms with E-state index in [0.717, 1.165) is 24.3 Å². The van der Waals surface area contributed by atoms with Crippen molar-refractivity contribution in [1.29, 1.82) is 0 Å². The van der Waals surface area contributed by atoms with Crippen LogP contribution >= 0.6 is 11.8 Å². The van der Waals surface area contributed by atoms with Gasteiger partial charge in [0.15, 0.2) is 0 Å². The minimum atomic E-state index is -0.174. The molecule has 22 heavy (non-hydrogen) atoms. The van der Waals surface area contributed by atoms with Crippen LogP contribution in [0.15, 0.2) is 29.2 Å². The molecule has 1 fully saturated rings. The molecule has 1 heterocycles. The number of benzene rings is 1. The second-order valence-electron chi connectivity index (χ2n) is 5.49. The van der Waals surface area contributed by atoms with E-state index < -0.39 is 0 Å². The number of thioether (sulfide) groups is 1. The van der Waals surface area contributed by atoms with E-state index in [1.54, 1.807) is 16.7 Å². The molecule has 0 saturated carbocycles. The molecular weight excluding hydrogens is 298 g/mol. The molecule has 1 aliphatic heterocycles. The minimum absolute atomic E-state index is 0.0993. The van der Waals surface area contributed by atoms with Gasteiger partial charge < -0.3 is 9.64 Å². The van der Waals surface area contributed by atoms with E-state index in [1.165, 1.54) is 5.56 Å². The van der Waals surface area contributed by atoms with E-state index in [2.05, 4.69) is 0 Å². The van der Waals surface area contributed by atoms with Crippen molar-refractivity contribution in [3.63, 3.8) is 0 Å². The van der Waals surface area contributed by atoms with E-state index in [0.29, 0.717) is 18.9 Å². The zero-order chi connectivity index (χ0) is 15.9. The number of amides is 1. The Kier molecular flexibility index (Phi) is 6.31. The van der Waals surface area contributed by atoms with Crippen molar-refractivity contribution < 1.29 is 14.3 Å². The molecule has 0 bridgehead atoms. The molecule has 0 aliphatic carbocycles. The molecule has 0 spiro atoms. The first kappa shape index (κ1) is 16.9. The maximum Gasteiger partial charge on any atom is 0.310 e. The normalized spacial score (nSPS) is 18.1. The number of rotatable bonds is 5. The van der Waals surface area contributed by atoms with Crippen LogP contribution in [0.3, 0.4) is 0 Å². The summed E-state index contributed by atoms with van der Waals surface area (Å²) in [6, 6.07) is 8.06. The first-order valence-corrected chi connectivity index (χ1v) is 8.73. The van der Waals surface area contributed by atoms with E-state index in [9.17, 15) is 9.59 Å². The highest BCUT2D eigenvalue weighted by Crippen LogP contribution is 2.24. The van der Waals surface area contributed by atoms with Gasteiger partial charge in [0.05, 0.1) is 18.3 Å². The fourth-order valence-corrected chi connectivity index (χ4v) is 3.54. The van der Waals surface area contributed by atoms with Gasteiger partial charge in [-0.2, -0.15) is 0 Å². The molecule has 2 rings (SSSR count). The van der Waals surface area contributed by atoms with Crippen LogP contribution in [-0.2, 0) is 14.3 Å². The standard InChI is InChI=1S/C17H23NO3S/c1-3-21-17(20)14-8-6-10-18(11-14)16(19)12-22-15-9-5-4-7-13(15)2/h4-5,7,9,14H,3,6,8,10-12H2,1-2H3. The van der Waals surface area contributed by atoms with Crippen LogP contribution in [0.25, 0.3) is 0 Å². The molecule has 1 amide bonds. The van der Waals surface area contributed by atoms with Crippen molar-refractivity contribution in [3.8, 4) is 0 Å². The van der Waals surface area contributed by atoms with Crippen molar-refractivity contribution in [2.75, 3.05) is 25.4 Å². The Labute approximate surface area is 136 Å². The molecule has 1 saturated heterocycles. The molecule has 1 aromatic carbocycles. The summed E-state index contributed by atoms with van der Waals surface area (Å²) in [5.74, 6) is 0.176. The van der Waals surface area contributed by atoms with Crippen molar-refractivity contribution in [3.05, 3.63) is 29.8 Å². The van der Waals surface area contributed by atoms with E-state index in [4.69, 9.17) is 4.74 Å². The van der Waals surface area contributed by atoms with Gasteiger partial charge in [-0.15, -0.1) is 11.8 Å². The number of piperidine rings is 1. The Hall–Kier alpha value is -1.49. The fourth-order valence-electron chi connectivity index (χ4n) is 2.61. The van der Waals surface area contributed by atoms with E-state index in [-0.39, 0.29) is 17.8 Å². The summed E-state index contributed by atoms with van der Waals surface area (Å²) < 4.78 is 5.07. The quantitative estimate of drug-likeness (QED) is 0.618. The first-order valence-electron chi connectivity index (χ1n) is 7.74. The fraction of sp³-hybridized carbons (Fsp3) is 0.529. The largest absolute Gasteiger partial charge is 0.466 e. The van der Waals surface area contributed by atoms with Crippen LogP contribution in [0.4, 0.5) is 0 Å². The van der Waals surface area contributed by atoms with Gasteiger partial charge in [-0.3, -0.25) is 9.59 Å². The van der Waals surface area contributed by atoms with Gasteiger partial charge in [-0.25, -0.2) is 0 Å². The molecule has 1 aromatic rings. The lowest BCUT2D eigenvalue weighted by molar-refractivity contribution is -0.151. The number of likely N-dealkylation sites (tertiary alicyclic amines) is 1. The molecule has 0 aromatic heterocycles. The molecule has 1 aliphatic rings. The van der Waals surface area contributed by atoms with Crippen LogP contribution in [0.2, 0.25) is 0 Å². The molecule has 0 N–H and O–H groups in total. The average molecular weight is 321 g/mol. The van der Waals surface area contributed by atoms with Crippen molar-refractivity contribution >= 4 is 23.6 Å². The number of ether oxygens (including phenoxy) is 1. The van der Waals surface area contributed by atoms with Crippen LogP contribution in [0.1, 0.15) is 25.3 Å². The maximum atomic E-state index is 12.4. The average Bonchev–Trinajstić information content (AvgIpc) is 2.54. The topological polar surface area (TPSA) is 46.6 Å². The Morgan fingerprint density at radius 2 is 2.14 bits per heavy atom. The lowest BCUT2D eigenvalue weighted by Gasteiger charge is -2.31. The number of hydrogen-bond acceptors (Lipinski definition) is 4. The maximum absolute atomic E-state index is 12.4. The second kappa shape index (κ2) is 8.22. The van der Waals surface area contributed by atoms with Gasteiger partial charge in [0.2, 0.25) is 5.91 Å². The molecular formula is C17H23NO3S. The van der Waals surface area contributed by atoms with Crippen LogP contribution < -0.4 is 0 Å². The van der Waals surface area contributed by atoms with Crippen LogP contribution in [0.5, 0.6) is 0 Å². The van der Waals surface area contributed by atoms with Gasteiger partial charge in [-0.1, -0.05) is 18.2 Å². The number of carbonyl (C=O) groups excluding carboxylic acids is 2. The summed E-state index contributed by atoms with van der Waals surface area (Å²) >= 11 is 1.56. The third kappa shape index (κ3) is 4.50. The zero-order valence-corrected chi connectivity index (χ0v) is 14.0. The first-order chi connectivity index (χ1) is 10.6. The third-order valence-electron chi connectivity index (χ3n) is 3.84. The predicted octanol–water partition coefficient (Wildman–Crippen LogP) is 2.89. The monoisotopic (exact) mass is 321 g/mol. The third-order valence-corrected chi connectivity index (χ3v) is 5.00. The zero-order valence-electron chi connectivity index (χ0n) is 13.2. The van der Waals surface area contributed by atoms with Gasteiger partial charge in [0.25, 0.3) is 0 Å². The van der Waals surface area contributed by atoms with Gasteiger partial charge in [-0.05, 0) is 38.3 Å². The number of aryl methyl sites for hydroxylation is 1. The molecule has 0 radical (unpaired) electrons. The Bertz CT molecular complexity index is 532. The Morgan fingerprint density at radius 3 is 2.86 bits per heavy atom. The summed E-state index contributed by atoms with van der Waals surface area (Å²) in [5, 5.41) is 0. The van der Waals surface area contributed by atoms with Gasteiger partial charge in [0, 0.05) is 18.0 Å². The highest BCUT2D eigenvalue weighted by Gasteiger charge is 2.29. The Balaban J connectivity index is 1.87. The lowest BCUT2D eigenvalue weighted by atomic mass is 9.98. The highest BCUT2D eigenvalue weighted by atomic mass is 32.2. The van der Waals surface area contributed by atoms with Crippen LogP contribution in [-0.4, -0.2) is 42.2 Å². The number of carbonyl (C=O) groups is 2. The van der Waals surface area contributed by atoms with Gasteiger partial charge in [0.1, 0.15) is 0 Å². The Morgan fingerprint density at radius 1 is 1.36 bits per heavy atom. The summed E-state index contributed by atoms with van der Waals surface area (Å²) in [6.07, 6.45) is 1.68.